The third kappa shape index (κ3) is 3.73. The minimum atomic E-state index is 0.150. The Morgan fingerprint density at radius 3 is 2.48 bits per heavy atom. The summed E-state index contributed by atoms with van der Waals surface area (Å²) in [6.07, 6.45) is 3.17. The molecule has 1 aliphatic carbocycles. The van der Waals surface area contributed by atoms with E-state index in [9.17, 15) is 4.79 Å². The van der Waals surface area contributed by atoms with Crippen LogP contribution in [0, 0.1) is 5.92 Å². The van der Waals surface area contributed by atoms with Crippen molar-refractivity contribution < 1.29 is 9.53 Å². The third-order valence-corrected chi connectivity index (χ3v) is 6.03. The van der Waals surface area contributed by atoms with Gasteiger partial charge in [-0.3, -0.25) is 4.79 Å². The summed E-state index contributed by atoms with van der Waals surface area (Å²) in [6, 6.07) is 10.2. The SMILES string of the molecule is C[C@@H]1CN(c2nc(-c3ccccc3)nc3c2CN(C(=O)C2CC2)CC3)C[C@H](C)O1. The molecule has 1 aromatic heterocycles. The van der Waals surface area contributed by atoms with Crippen LogP contribution >= 0.6 is 0 Å². The summed E-state index contributed by atoms with van der Waals surface area (Å²) in [5, 5.41) is 0. The Morgan fingerprint density at radius 2 is 1.79 bits per heavy atom. The highest BCUT2D eigenvalue weighted by molar-refractivity contribution is 5.81. The fraction of sp³-hybridized carbons (Fsp3) is 0.522. The molecule has 2 aliphatic heterocycles. The van der Waals surface area contributed by atoms with E-state index in [2.05, 4.69) is 30.9 Å². The first kappa shape index (κ1) is 18.6. The van der Waals surface area contributed by atoms with Crippen molar-refractivity contribution in [1.29, 1.82) is 0 Å². The molecule has 0 radical (unpaired) electrons. The highest BCUT2D eigenvalue weighted by Crippen LogP contribution is 2.35. The number of morpholine rings is 1. The van der Waals surface area contributed by atoms with Gasteiger partial charge in [-0.2, -0.15) is 0 Å². The minimum Gasteiger partial charge on any atom is -0.372 e. The number of nitrogens with zero attached hydrogens (tertiary/aromatic N) is 4. The van der Waals surface area contributed by atoms with E-state index in [0.29, 0.717) is 12.5 Å². The van der Waals surface area contributed by atoms with Gasteiger partial charge in [0.1, 0.15) is 5.82 Å². The number of anilines is 1. The standard InChI is InChI=1S/C23H28N4O2/c1-15-12-27(13-16(2)29-15)22-19-14-26(23(28)18-8-9-18)11-10-20(19)24-21(25-22)17-6-4-3-5-7-17/h3-7,15-16,18H,8-14H2,1-2H3/t15-,16+. The van der Waals surface area contributed by atoms with E-state index in [-0.39, 0.29) is 18.1 Å². The smallest absolute Gasteiger partial charge is 0.225 e. The van der Waals surface area contributed by atoms with Crippen LogP contribution in [0.3, 0.4) is 0 Å². The third-order valence-electron chi connectivity index (χ3n) is 6.03. The minimum absolute atomic E-state index is 0.150. The molecule has 2 aromatic rings. The van der Waals surface area contributed by atoms with Gasteiger partial charge in [0.05, 0.1) is 24.4 Å². The van der Waals surface area contributed by atoms with Crippen molar-refractivity contribution >= 4 is 11.7 Å². The Labute approximate surface area is 171 Å². The molecule has 3 aliphatic rings. The van der Waals surface area contributed by atoms with Crippen molar-refractivity contribution in [1.82, 2.24) is 14.9 Å². The van der Waals surface area contributed by atoms with Crippen LogP contribution in [0.15, 0.2) is 30.3 Å². The normalized spacial score (nSPS) is 24.3. The number of carbonyl (C=O) groups excluding carboxylic acids is 1. The van der Waals surface area contributed by atoms with Crippen LogP contribution in [0.1, 0.15) is 37.9 Å². The Bertz CT molecular complexity index is 903. The molecular weight excluding hydrogens is 364 g/mol. The van der Waals surface area contributed by atoms with Crippen LogP contribution in [-0.2, 0) is 22.5 Å². The lowest BCUT2D eigenvalue weighted by Gasteiger charge is -2.39. The van der Waals surface area contributed by atoms with E-state index in [1.54, 1.807) is 0 Å². The first-order valence-electron chi connectivity index (χ1n) is 10.7. The van der Waals surface area contributed by atoms with Crippen LogP contribution in [0.4, 0.5) is 5.82 Å². The largest absolute Gasteiger partial charge is 0.372 e. The first-order valence-corrected chi connectivity index (χ1v) is 10.7. The maximum absolute atomic E-state index is 12.7. The van der Waals surface area contributed by atoms with Crippen LogP contribution in [0.5, 0.6) is 0 Å². The van der Waals surface area contributed by atoms with Crippen molar-refractivity contribution in [3.63, 3.8) is 0 Å². The van der Waals surface area contributed by atoms with Crippen molar-refractivity contribution in [2.45, 2.75) is 51.9 Å². The quantitative estimate of drug-likeness (QED) is 0.804. The number of amides is 1. The lowest BCUT2D eigenvalue weighted by Crippen LogP contribution is -2.47. The van der Waals surface area contributed by atoms with Gasteiger partial charge in [-0.05, 0) is 26.7 Å². The lowest BCUT2D eigenvalue weighted by atomic mass is 10.0. The van der Waals surface area contributed by atoms with E-state index in [1.807, 2.05) is 23.1 Å². The summed E-state index contributed by atoms with van der Waals surface area (Å²) in [4.78, 5) is 27.0. The molecule has 1 amide bonds. The average Bonchev–Trinajstić information content (AvgIpc) is 3.57. The summed E-state index contributed by atoms with van der Waals surface area (Å²) in [7, 11) is 0. The second-order valence-corrected chi connectivity index (χ2v) is 8.61. The van der Waals surface area contributed by atoms with Gasteiger partial charge in [-0.1, -0.05) is 30.3 Å². The zero-order chi connectivity index (χ0) is 20.0. The zero-order valence-electron chi connectivity index (χ0n) is 17.2. The lowest BCUT2D eigenvalue weighted by molar-refractivity contribution is -0.133. The molecule has 1 saturated carbocycles. The predicted molar refractivity (Wildman–Crippen MR) is 112 cm³/mol. The second-order valence-electron chi connectivity index (χ2n) is 8.61. The summed E-state index contributed by atoms with van der Waals surface area (Å²) in [6.45, 7) is 7.20. The number of carbonyl (C=O) groups is 1. The van der Waals surface area contributed by atoms with Gasteiger partial charge in [0.25, 0.3) is 0 Å². The van der Waals surface area contributed by atoms with E-state index in [4.69, 9.17) is 14.7 Å². The molecule has 152 valence electrons. The number of hydrogen-bond acceptors (Lipinski definition) is 5. The molecule has 1 saturated heterocycles. The van der Waals surface area contributed by atoms with Gasteiger partial charge in [0, 0.05) is 43.1 Å². The van der Waals surface area contributed by atoms with E-state index >= 15 is 0 Å². The van der Waals surface area contributed by atoms with Gasteiger partial charge in [-0.25, -0.2) is 9.97 Å². The molecule has 6 nitrogen and oxygen atoms in total. The van der Waals surface area contributed by atoms with Gasteiger partial charge in [0.15, 0.2) is 5.82 Å². The van der Waals surface area contributed by atoms with Gasteiger partial charge < -0.3 is 14.5 Å². The topological polar surface area (TPSA) is 58.6 Å². The molecule has 0 spiro atoms. The van der Waals surface area contributed by atoms with E-state index < -0.39 is 0 Å². The van der Waals surface area contributed by atoms with Crippen LogP contribution in [-0.4, -0.2) is 52.6 Å². The molecular formula is C23H28N4O2. The molecule has 29 heavy (non-hydrogen) atoms. The van der Waals surface area contributed by atoms with Crippen LogP contribution in [0.2, 0.25) is 0 Å². The number of rotatable bonds is 3. The Kier molecular flexibility index (Phi) is 4.74. The molecule has 1 aromatic carbocycles. The van der Waals surface area contributed by atoms with Crippen molar-refractivity contribution in [2.24, 2.45) is 5.92 Å². The summed E-state index contributed by atoms with van der Waals surface area (Å²) in [5.41, 5.74) is 3.23. The number of aromatic nitrogens is 2. The van der Waals surface area contributed by atoms with Crippen molar-refractivity contribution in [3.05, 3.63) is 41.6 Å². The molecule has 0 unspecified atom stereocenters. The number of fused-ring (bicyclic) bond motifs is 1. The molecule has 0 N–H and O–H groups in total. The first-order chi connectivity index (χ1) is 14.1. The average molecular weight is 393 g/mol. The fourth-order valence-electron chi connectivity index (χ4n) is 4.50. The molecule has 5 rings (SSSR count). The van der Waals surface area contributed by atoms with Gasteiger partial charge in [-0.15, -0.1) is 0 Å². The predicted octanol–water partition coefficient (Wildman–Crippen LogP) is 3.05. The Morgan fingerprint density at radius 1 is 1.07 bits per heavy atom. The van der Waals surface area contributed by atoms with Gasteiger partial charge >= 0.3 is 0 Å². The second kappa shape index (κ2) is 7.41. The van der Waals surface area contributed by atoms with Gasteiger partial charge in [0.2, 0.25) is 5.91 Å². The van der Waals surface area contributed by atoms with Crippen LogP contribution < -0.4 is 4.90 Å². The maximum Gasteiger partial charge on any atom is 0.225 e. The van der Waals surface area contributed by atoms with E-state index in [0.717, 1.165) is 67.4 Å². The molecule has 2 fully saturated rings. The summed E-state index contributed by atoms with van der Waals surface area (Å²) in [5.74, 6) is 2.29. The highest BCUT2D eigenvalue weighted by atomic mass is 16.5. The summed E-state index contributed by atoms with van der Waals surface area (Å²) >= 11 is 0. The van der Waals surface area contributed by atoms with E-state index in [1.165, 1.54) is 0 Å². The highest BCUT2D eigenvalue weighted by Gasteiger charge is 2.36. The van der Waals surface area contributed by atoms with Crippen LogP contribution in [0.25, 0.3) is 11.4 Å². The number of hydrogen-bond donors (Lipinski definition) is 0. The summed E-state index contributed by atoms with van der Waals surface area (Å²) < 4.78 is 5.95. The fourth-order valence-corrected chi connectivity index (χ4v) is 4.50. The monoisotopic (exact) mass is 392 g/mol. The Balaban J connectivity index is 1.55. The molecule has 0 bridgehead atoms. The number of benzene rings is 1. The maximum atomic E-state index is 12.7. The Hall–Kier alpha value is -2.47. The van der Waals surface area contributed by atoms with Crippen molar-refractivity contribution in [2.75, 3.05) is 24.5 Å². The van der Waals surface area contributed by atoms with Crippen molar-refractivity contribution in [3.8, 4) is 11.4 Å². The molecule has 6 heteroatoms. The zero-order valence-corrected chi connectivity index (χ0v) is 17.2. The number of ether oxygens (including phenoxy) is 1. The molecule has 2 atom stereocenters. The molecule has 3 heterocycles.